The molecular weight excluding hydrogens is 212 g/mol. The van der Waals surface area contributed by atoms with E-state index < -0.39 is 11.6 Å². The first kappa shape index (κ1) is 10.7. The van der Waals surface area contributed by atoms with Gasteiger partial charge in [0.1, 0.15) is 17.4 Å². The number of nitrogens with one attached hydrogen (secondary N) is 1. The Morgan fingerprint density at radius 1 is 1.25 bits per heavy atom. The molecular formula is C12H11F2NO. The van der Waals surface area contributed by atoms with Crippen molar-refractivity contribution >= 4 is 5.69 Å². The second-order valence-corrected chi connectivity index (χ2v) is 3.50. The molecule has 0 saturated heterocycles. The summed E-state index contributed by atoms with van der Waals surface area (Å²) in [4.78, 5) is 0. The SMILES string of the molecule is Cc1ccoc1CNc1ccc(F)cc1F. The Bertz CT molecular complexity index is 494. The first-order valence-electron chi connectivity index (χ1n) is 4.88. The van der Waals surface area contributed by atoms with Crippen molar-refractivity contribution in [3.05, 3.63) is 53.5 Å². The molecule has 0 saturated carbocycles. The largest absolute Gasteiger partial charge is 0.467 e. The van der Waals surface area contributed by atoms with Crippen LogP contribution >= 0.6 is 0 Å². The second-order valence-electron chi connectivity index (χ2n) is 3.50. The van der Waals surface area contributed by atoms with E-state index in [0.717, 1.165) is 17.4 Å². The molecule has 0 bridgehead atoms. The fourth-order valence-electron chi connectivity index (χ4n) is 1.39. The zero-order chi connectivity index (χ0) is 11.5. The smallest absolute Gasteiger partial charge is 0.149 e. The maximum absolute atomic E-state index is 13.2. The van der Waals surface area contributed by atoms with Crippen molar-refractivity contribution in [2.45, 2.75) is 13.5 Å². The van der Waals surface area contributed by atoms with E-state index in [1.165, 1.54) is 12.1 Å². The number of rotatable bonds is 3. The Kier molecular flexibility index (Phi) is 2.90. The molecule has 1 heterocycles. The summed E-state index contributed by atoms with van der Waals surface area (Å²) in [5, 5.41) is 2.85. The Balaban J connectivity index is 2.08. The lowest BCUT2D eigenvalue weighted by molar-refractivity contribution is 0.514. The molecule has 2 nitrogen and oxygen atoms in total. The van der Waals surface area contributed by atoms with Crippen LogP contribution in [0.15, 0.2) is 34.9 Å². The first-order valence-corrected chi connectivity index (χ1v) is 4.88. The van der Waals surface area contributed by atoms with E-state index in [2.05, 4.69) is 5.32 Å². The molecule has 1 N–H and O–H groups in total. The summed E-state index contributed by atoms with van der Waals surface area (Å²) in [6.07, 6.45) is 1.58. The van der Waals surface area contributed by atoms with E-state index >= 15 is 0 Å². The molecule has 2 rings (SSSR count). The highest BCUT2D eigenvalue weighted by atomic mass is 19.1. The van der Waals surface area contributed by atoms with Crippen molar-refractivity contribution in [3.8, 4) is 0 Å². The van der Waals surface area contributed by atoms with Crippen LogP contribution in [0.25, 0.3) is 0 Å². The van der Waals surface area contributed by atoms with Gasteiger partial charge in [-0.15, -0.1) is 0 Å². The summed E-state index contributed by atoms with van der Waals surface area (Å²) >= 11 is 0. The molecule has 4 heteroatoms. The highest BCUT2D eigenvalue weighted by Crippen LogP contribution is 2.17. The van der Waals surface area contributed by atoms with Gasteiger partial charge >= 0.3 is 0 Å². The average molecular weight is 223 g/mol. The summed E-state index contributed by atoms with van der Waals surface area (Å²) in [7, 11) is 0. The predicted molar refractivity (Wildman–Crippen MR) is 57.1 cm³/mol. The standard InChI is InChI=1S/C12H11F2NO/c1-8-4-5-16-12(8)7-15-11-3-2-9(13)6-10(11)14/h2-6,15H,7H2,1H3. The number of furan rings is 1. The minimum atomic E-state index is -0.607. The minimum Gasteiger partial charge on any atom is -0.467 e. The zero-order valence-electron chi connectivity index (χ0n) is 8.76. The van der Waals surface area contributed by atoms with Gasteiger partial charge in [0, 0.05) is 6.07 Å². The summed E-state index contributed by atoms with van der Waals surface area (Å²) in [6.45, 7) is 2.28. The van der Waals surface area contributed by atoms with Gasteiger partial charge in [-0.2, -0.15) is 0 Å². The molecule has 2 aromatic rings. The van der Waals surface area contributed by atoms with Crippen molar-refractivity contribution < 1.29 is 13.2 Å². The molecule has 0 unspecified atom stereocenters. The van der Waals surface area contributed by atoms with Gasteiger partial charge in [-0.25, -0.2) is 8.78 Å². The van der Waals surface area contributed by atoms with E-state index in [0.29, 0.717) is 6.54 Å². The molecule has 0 aliphatic rings. The van der Waals surface area contributed by atoms with Crippen molar-refractivity contribution in [1.82, 2.24) is 0 Å². The second kappa shape index (κ2) is 4.35. The molecule has 0 fully saturated rings. The molecule has 84 valence electrons. The van der Waals surface area contributed by atoms with Gasteiger partial charge in [-0.3, -0.25) is 0 Å². The molecule has 16 heavy (non-hydrogen) atoms. The van der Waals surface area contributed by atoms with Gasteiger partial charge in [0.25, 0.3) is 0 Å². The van der Waals surface area contributed by atoms with Crippen LogP contribution < -0.4 is 5.32 Å². The van der Waals surface area contributed by atoms with Gasteiger partial charge in [0.15, 0.2) is 0 Å². The van der Waals surface area contributed by atoms with Crippen LogP contribution in [0.5, 0.6) is 0 Å². The number of aryl methyl sites for hydroxylation is 1. The summed E-state index contributed by atoms with van der Waals surface area (Å²) in [5.74, 6) is -0.454. The van der Waals surface area contributed by atoms with Crippen LogP contribution in [-0.2, 0) is 6.54 Å². The Morgan fingerprint density at radius 2 is 2.06 bits per heavy atom. The predicted octanol–water partition coefficient (Wildman–Crippen LogP) is 3.48. The van der Waals surface area contributed by atoms with E-state index in [4.69, 9.17) is 4.42 Å². The minimum absolute atomic E-state index is 0.261. The van der Waals surface area contributed by atoms with Gasteiger partial charge < -0.3 is 9.73 Å². The highest BCUT2D eigenvalue weighted by molar-refractivity contribution is 5.45. The lowest BCUT2D eigenvalue weighted by atomic mass is 10.2. The van der Waals surface area contributed by atoms with Crippen LogP contribution in [0.3, 0.4) is 0 Å². The fraction of sp³-hybridized carbons (Fsp3) is 0.167. The lowest BCUT2D eigenvalue weighted by Gasteiger charge is -2.06. The Hall–Kier alpha value is -1.84. The van der Waals surface area contributed by atoms with Crippen LogP contribution in [0.1, 0.15) is 11.3 Å². The Labute approximate surface area is 91.9 Å². The van der Waals surface area contributed by atoms with E-state index in [1.807, 2.05) is 13.0 Å². The normalized spacial score (nSPS) is 10.4. The molecule has 0 radical (unpaired) electrons. The summed E-state index contributed by atoms with van der Waals surface area (Å²) in [5.41, 5.74) is 1.26. The molecule has 1 aromatic heterocycles. The van der Waals surface area contributed by atoms with Gasteiger partial charge in [-0.1, -0.05) is 0 Å². The van der Waals surface area contributed by atoms with Gasteiger partial charge in [-0.05, 0) is 30.7 Å². The third kappa shape index (κ3) is 2.21. The summed E-state index contributed by atoms with van der Waals surface area (Å²) < 4.78 is 31.1. The van der Waals surface area contributed by atoms with Crippen LogP contribution in [0.2, 0.25) is 0 Å². The number of halogens is 2. The van der Waals surface area contributed by atoms with Crippen LogP contribution in [0, 0.1) is 18.6 Å². The van der Waals surface area contributed by atoms with E-state index in [9.17, 15) is 8.78 Å². The van der Waals surface area contributed by atoms with E-state index in [1.54, 1.807) is 6.26 Å². The number of hydrogen-bond acceptors (Lipinski definition) is 2. The molecule has 1 aromatic carbocycles. The highest BCUT2D eigenvalue weighted by Gasteiger charge is 2.05. The van der Waals surface area contributed by atoms with Gasteiger partial charge in [0.05, 0.1) is 18.5 Å². The van der Waals surface area contributed by atoms with Crippen molar-refractivity contribution in [2.75, 3.05) is 5.32 Å². The maximum atomic E-state index is 13.2. The molecule has 0 aliphatic carbocycles. The first-order chi connectivity index (χ1) is 7.66. The topological polar surface area (TPSA) is 25.2 Å². The van der Waals surface area contributed by atoms with Crippen molar-refractivity contribution in [3.63, 3.8) is 0 Å². The van der Waals surface area contributed by atoms with Gasteiger partial charge in [0.2, 0.25) is 0 Å². The maximum Gasteiger partial charge on any atom is 0.149 e. The van der Waals surface area contributed by atoms with E-state index in [-0.39, 0.29) is 5.69 Å². The third-order valence-electron chi connectivity index (χ3n) is 2.34. The number of hydrogen-bond donors (Lipinski definition) is 1. The number of benzene rings is 1. The molecule has 0 aliphatic heterocycles. The fourth-order valence-corrected chi connectivity index (χ4v) is 1.39. The van der Waals surface area contributed by atoms with Crippen molar-refractivity contribution in [1.29, 1.82) is 0 Å². The van der Waals surface area contributed by atoms with Crippen LogP contribution in [-0.4, -0.2) is 0 Å². The van der Waals surface area contributed by atoms with Crippen LogP contribution in [0.4, 0.5) is 14.5 Å². The monoisotopic (exact) mass is 223 g/mol. The number of anilines is 1. The van der Waals surface area contributed by atoms with Crippen molar-refractivity contribution in [2.24, 2.45) is 0 Å². The molecule has 0 atom stereocenters. The quantitative estimate of drug-likeness (QED) is 0.861. The zero-order valence-corrected chi connectivity index (χ0v) is 8.76. The molecule has 0 spiro atoms. The Morgan fingerprint density at radius 3 is 2.69 bits per heavy atom. The lowest BCUT2D eigenvalue weighted by Crippen LogP contribution is -2.01. The third-order valence-corrected chi connectivity index (χ3v) is 2.34. The molecule has 0 amide bonds. The summed E-state index contributed by atoms with van der Waals surface area (Å²) in [6, 6.07) is 5.25. The average Bonchev–Trinajstić information content (AvgIpc) is 2.63.